The van der Waals surface area contributed by atoms with Crippen LogP contribution in [0, 0.1) is 0 Å². The van der Waals surface area contributed by atoms with E-state index < -0.39 is 0 Å². The number of nitrogens with two attached hydrogens (primary N) is 1. The minimum atomic E-state index is 0.836. The van der Waals surface area contributed by atoms with Gasteiger partial charge in [0.1, 0.15) is 5.75 Å². The first-order valence-corrected chi connectivity index (χ1v) is 6.54. The minimum absolute atomic E-state index is 0.836. The van der Waals surface area contributed by atoms with Gasteiger partial charge in [-0.3, -0.25) is 4.98 Å². The molecule has 18 heavy (non-hydrogen) atoms. The highest BCUT2D eigenvalue weighted by molar-refractivity contribution is 5.93. The van der Waals surface area contributed by atoms with Crippen LogP contribution in [0.2, 0.25) is 0 Å². The number of aromatic nitrogens is 1. The van der Waals surface area contributed by atoms with Crippen molar-refractivity contribution in [3.8, 4) is 5.75 Å². The van der Waals surface area contributed by atoms with E-state index in [0.29, 0.717) is 0 Å². The molecule has 1 heterocycles. The van der Waals surface area contributed by atoms with Gasteiger partial charge < -0.3 is 10.5 Å². The summed E-state index contributed by atoms with van der Waals surface area (Å²) in [6.45, 7) is 0. The van der Waals surface area contributed by atoms with E-state index in [-0.39, 0.29) is 0 Å². The Balaban J connectivity index is 2.24. The van der Waals surface area contributed by atoms with Crippen molar-refractivity contribution < 1.29 is 4.74 Å². The third kappa shape index (κ3) is 1.80. The van der Waals surface area contributed by atoms with E-state index in [1.165, 1.54) is 30.5 Å². The van der Waals surface area contributed by atoms with E-state index in [1.54, 1.807) is 7.11 Å². The summed E-state index contributed by atoms with van der Waals surface area (Å²) in [5, 5.41) is 1.05. The number of aryl methyl sites for hydroxylation is 1. The van der Waals surface area contributed by atoms with Crippen molar-refractivity contribution in [1.82, 2.24) is 4.98 Å². The fraction of sp³-hybridized carbons (Fsp3) is 0.400. The maximum Gasteiger partial charge on any atom is 0.121 e. The highest BCUT2D eigenvalue weighted by Crippen LogP contribution is 2.31. The normalized spacial score (nSPS) is 15.2. The van der Waals surface area contributed by atoms with Gasteiger partial charge in [0.15, 0.2) is 0 Å². The molecule has 3 heteroatoms. The van der Waals surface area contributed by atoms with Crippen molar-refractivity contribution in [2.45, 2.75) is 32.1 Å². The molecule has 1 aliphatic rings. The molecule has 3 nitrogen and oxygen atoms in total. The first-order chi connectivity index (χ1) is 8.79. The molecule has 0 bridgehead atoms. The molecule has 0 aliphatic heterocycles. The second-order valence-electron chi connectivity index (χ2n) is 4.89. The van der Waals surface area contributed by atoms with Crippen molar-refractivity contribution in [2.75, 3.05) is 12.8 Å². The fourth-order valence-corrected chi connectivity index (χ4v) is 2.75. The number of anilines is 1. The van der Waals surface area contributed by atoms with E-state index >= 15 is 0 Å². The smallest absolute Gasteiger partial charge is 0.121 e. The first kappa shape index (κ1) is 11.3. The molecule has 1 aromatic heterocycles. The molecule has 3 rings (SSSR count). The van der Waals surface area contributed by atoms with Crippen LogP contribution >= 0.6 is 0 Å². The van der Waals surface area contributed by atoms with Crippen LogP contribution in [0.25, 0.3) is 10.9 Å². The maximum atomic E-state index is 6.32. The van der Waals surface area contributed by atoms with Crippen molar-refractivity contribution in [3.05, 3.63) is 29.5 Å². The Bertz CT molecular complexity index is 593. The summed E-state index contributed by atoms with van der Waals surface area (Å²) in [4.78, 5) is 4.79. The van der Waals surface area contributed by atoms with Gasteiger partial charge in [0, 0.05) is 22.8 Å². The first-order valence-electron chi connectivity index (χ1n) is 6.54. The Labute approximate surface area is 107 Å². The average Bonchev–Trinajstić information content (AvgIpc) is 2.63. The van der Waals surface area contributed by atoms with Gasteiger partial charge in [0.05, 0.1) is 12.6 Å². The van der Waals surface area contributed by atoms with Gasteiger partial charge in [0.25, 0.3) is 0 Å². The minimum Gasteiger partial charge on any atom is -0.497 e. The molecule has 0 atom stereocenters. The molecule has 0 radical (unpaired) electrons. The predicted octanol–water partition coefficient (Wildman–Crippen LogP) is 3.09. The largest absolute Gasteiger partial charge is 0.497 e. The molecule has 1 aromatic carbocycles. The van der Waals surface area contributed by atoms with Crippen LogP contribution in [0.3, 0.4) is 0 Å². The fourth-order valence-electron chi connectivity index (χ4n) is 2.75. The van der Waals surface area contributed by atoms with E-state index in [4.69, 9.17) is 15.5 Å². The molecule has 1 aliphatic carbocycles. The Morgan fingerprint density at radius 1 is 1.17 bits per heavy atom. The van der Waals surface area contributed by atoms with Gasteiger partial charge in [-0.05, 0) is 43.4 Å². The van der Waals surface area contributed by atoms with Crippen LogP contribution in [0.5, 0.6) is 5.75 Å². The average molecular weight is 242 g/mol. The van der Waals surface area contributed by atoms with E-state index in [1.807, 2.05) is 18.2 Å². The zero-order valence-corrected chi connectivity index (χ0v) is 10.7. The molecule has 94 valence electrons. The molecule has 2 aromatic rings. The van der Waals surface area contributed by atoms with Crippen LogP contribution in [-0.2, 0) is 12.8 Å². The van der Waals surface area contributed by atoms with Crippen molar-refractivity contribution in [1.29, 1.82) is 0 Å². The number of hydrogen-bond donors (Lipinski definition) is 1. The maximum absolute atomic E-state index is 6.32. The lowest BCUT2D eigenvalue weighted by Crippen LogP contribution is -2.03. The van der Waals surface area contributed by atoms with Gasteiger partial charge in [-0.1, -0.05) is 6.42 Å². The van der Waals surface area contributed by atoms with Gasteiger partial charge >= 0.3 is 0 Å². The van der Waals surface area contributed by atoms with Crippen LogP contribution in [0.1, 0.15) is 30.5 Å². The van der Waals surface area contributed by atoms with Crippen LogP contribution in [-0.4, -0.2) is 12.1 Å². The summed E-state index contributed by atoms with van der Waals surface area (Å²) in [5.74, 6) is 0.836. The lowest BCUT2D eigenvalue weighted by molar-refractivity contribution is 0.415. The Morgan fingerprint density at radius 2 is 2.00 bits per heavy atom. The van der Waals surface area contributed by atoms with E-state index in [9.17, 15) is 0 Å². The number of nitrogens with zero attached hydrogens (tertiary/aromatic N) is 1. The Hall–Kier alpha value is -1.77. The topological polar surface area (TPSA) is 48.1 Å². The second-order valence-corrected chi connectivity index (χ2v) is 4.89. The highest BCUT2D eigenvalue weighted by atomic mass is 16.5. The number of methoxy groups -OCH3 is 1. The number of fused-ring (bicyclic) bond motifs is 2. The third-order valence-electron chi connectivity index (χ3n) is 3.76. The zero-order valence-electron chi connectivity index (χ0n) is 10.7. The summed E-state index contributed by atoms with van der Waals surface area (Å²) < 4.78 is 5.25. The van der Waals surface area contributed by atoms with Crippen LogP contribution < -0.4 is 10.5 Å². The SMILES string of the molecule is COc1ccc2c(N)c3c(nc2c1)CCCCC3. The summed E-state index contributed by atoms with van der Waals surface area (Å²) in [6, 6.07) is 5.93. The van der Waals surface area contributed by atoms with Crippen molar-refractivity contribution in [3.63, 3.8) is 0 Å². The molecule has 0 amide bonds. The lowest BCUT2D eigenvalue weighted by atomic mass is 10.0. The van der Waals surface area contributed by atoms with Crippen LogP contribution in [0.15, 0.2) is 18.2 Å². The third-order valence-corrected chi connectivity index (χ3v) is 3.76. The van der Waals surface area contributed by atoms with Gasteiger partial charge in [-0.2, -0.15) is 0 Å². The molecule has 2 N–H and O–H groups in total. The number of rotatable bonds is 1. The lowest BCUT2D eigenvalue weighted by Gasteiger charge is -2.12. The quantitative estimate of drug-likeness (QED) is 0.782. The van der Waals surface area contributed by atoms with Crippen LogP contribution in [0.4, 0.5) is 5.69 Å². The Morgan fingerprint density at radius 3 is 2.83 bits per heavy atom. The molecule has 0 unspecified atom stereocenters. The number of ether oxygens (including phenoxy) is 1. The second kappa shape index (κ2) is 4.48. The molecule has 0 saturated carbocycles. The van der Waals surface area contributed by atoms with E-state index in [2.05, 4.69) is 0 Å². The van der Waals surface area contributed by atoms with Gasteiger partial charge in [-0.15, -0.1) is 0 Å². The summed E-state index contributed by atoms with van der Waals surface area (Å²) in [5.41, 5.74) is 10.6. The summed E-state index contributed by atoms with van der Waals surface area (Å²) >= 11 is 0. The number of pyridine rings is 1. The van der Waals surface area contributed by atoms with E-state index in [0.717, 1.165) is 35.2 Å². The highest BCUT2D eigenvalue weighted by Gasteiger charge is 2.15. The molecule has 0 spiro atoms. The van der Waals surface area contributed by atoms with Gasteiger partial charge in [-0.25, -0.2) is 0 Å². The number of nitrogen functional groups attached to an aromatic ring is 1. The molecule has 0 saturated heterocycles. The Kier molecular flexibility index (Phi) is 2.82. The van der Waals surface area contributed by atoms with Crippen molar-refractivity contribution >= 4 is 16.6 Å². The zero-order chi connectivity index (χ0) is 12.5. The van der Waals surface area contributed by atoms with Gasteiger partial charge in [0.2, 0.25) is 0 Å². The van der Waals surface area contributed by atoms with Crippen molar-refractivity contribution in [2.24, 2.45) is 0 Å². The predicted molar refractivity (Wildman–Crippen MR) is 74.0 cm³/mol. The monoisotopic (exact) mass is 242 g/mol. The summed E-state index contributed by atoms with van der Waals surface area (Å²) in [7, 11) is 1.67. The number of hydrogen-bond acceptors (Lipinski definition) is 3. The summed E-state index contributed by atoms with van der Waals surface area (Å²) in [6.07, 6.45) is 5.83. The molecular formula is C15H18N2O. The standard InChI is InChI=1S/C15H18N2O/c1-18-10-7-8-12-14(9-10)17-13-6-4-2-3-5-11(13)15(12)16/h7-9H,2-6H2,1H3,(H2,16,17). The molecular weight excluding hydrogens is 224 g/mol. The number of benzene rings is 1. The molecule has 0 fully saturated rings.